The van der Waals surface area contributed by atoms with Crippen LogP contribution in [0.15, 0.2) is 18.2 Å². The van der Waals surface area contributed by atoms with Crippen LogP contribution in [0, 0.1) is 12.8 Å². The minimum absolute atomic E-state index is 0.0552. The Bertz CT molecular complexity index is 487. The Labute approximate surface area is 107 Å². The van der Waals surface area contributed by atoms with Crippen LogP contribution in [0.4, 0.5) is 0 Å². The number of fused-ring (bicyclic) bond motifs is 1. The first-order valence-electron chi connectivity index (χ1n) is 6.48. The molecule has 1 aromatic carbocycles. The maximum Gasteiger partial charge on any atom is 0.254 e. The molecule has 2 atom stereocenters. The third kappa shape index (κ3) is 1.68. The highest BCUT2D eigenvalue weighted by Crippen LogP contribution is 2.30. The number of rotatable bonds is 1. The van der Waals surface area contributed by atoms with Gasteiger partial charge < -0.3 is 15.3 Å². The molecule has 0 bridgehead atoms. The number of phenols is 1. The number of likely N-dealkylation sites (tertiary alicyclic amines) is 1. The monoisotopic (exact) mass is 246 g/mol. The second kappa shape index (κ2) is 4.28. The Hall–Kier alpha value is -1.55. The Morgan fingerprint density at radius 3 is 3.11 bits per heavy atom. The fourth-order valence-electron chi connectivity index (χ4n) is 3.11. The number of amides is 1. The molecule has 0 aliphatic carbocycles. The van der Waals surface area contributed by atoms with Crippen LogP contribution in [0.3, 0.4) is 0 Å². The van der Waals surface area contributed by atoms with E-state index in [-0.39, 0.29) is 11.7 Å². The van der Waals surface area contributed by atoms with E-state index in [2.05, 4.69) is 5.32 Å². The average molecular weight is 246 g/mol. The molecule has 1 amide bonds. The third-order valence-electron chi connectivity index (χ3n) is 4.24. The molecule has 4 nitrogen and oxygen atoms in total. The summed E-state index contributed by atoms with van der Waals surface area (Å²) in [5, 5.41) is 13.0. The fourth-order valence-corrected chi connectivity index (χ4v) is 3.11. The largest absolute Gasteiger partial charge is 0.508 e. The van der Waals surface area contributed by atoms with Crippen molar-refractivity contribution in [3.63, 3.8) is 0 Å². The van der Waals surface area contributed by atoms with Crippen LogP contribution in [0.5, 0.6) is 5.75 Å². The van der Waals surface area contributed by atoms with E-state index in [9.17, 15) is 9.90 Å². The van der Waals surface area contributed by atoms with Gasteiger partial charge in [-0.1, -0.05) is 6.07 Å². The van der Waals surface area contributed by atoms with E-state index < -0.39 is 0 Å². The zero-order valence-electron chi connectivity index (χ0n) is 10.5. The van der Waals surface area contributed by atoms with E-state index in [0.717, 1.165) is 26.1 Å². The van der Waals surface area contributed by atoms with Gasteiger partial charge in [-0.05, 0) is 31.4 Å². The Morgan fingerprint density at radius 1 is 1.44 bits per heavy atom. The molecular formula is C14H18N2O2. The summed E-state index contributed by atoms with van der Waals surface area (Å²) in [7, 11) is 0. The number of nitrogens with one attached hydrogen (secondary N) is 1. The van der Waals surface area contributed by atoms with E-state index in [1.807, 2.05) is 4.90 Å². The second-order valence-corrected chi connectivity index (χ2v) is 5.22. The first kappa shape index (κ1) is 11.5. The number of hydrogen-bond donors (Lipinski definition) is 2. The third-order valence-corrected chi connectivity index (χ3v) is 4.24. The SMILES string of the molecule is Cc1c(O)cccc1C(=O)N1CC[C@H]2CNC[C@H]21. The van der Waals surface area contributed by atoms with Gasteiger partial charge in [0.2, 0.25) is 0 Å². The van der Waals surface area contributed by atoms with Gasteiger partial charge in [0.25, 0.3) is 5.91 Å². The molecule has 2 N–H and O–H groups in total. The van der Waals surface area contributed by atoms with E-state index in [1.165, 1.54) is 0 Å². The normalized spacial score (nSPS) is 26.4. The van der Waals surface area contributed by atoms with Crippen molar-refractivity contribution in [2.45, 2.75) is 19.4 Å². The van der Waals surface area contributed by atoms with Gasteiger partial charge in [-0.3, -0.25) is 4.79 Å². The summed E-state index contributed by atoms with van der Waals surface area (Å²) in [5.41, 5.74) is 1.31. The van der Waals surface area contributed by atoms with Crippen LogP contribution in [0.25, 0.3) is 0 Å². The van der Waals surface area contributed by atoms with Gasteiger partial charge in [-0.15, -0.1) is 0 Å². The van der Waals surface area contributed by atoms with Gasteiger partial charge in [-0.25, -0.2) is 0 Å². The summed E-state index contributed by atoms with van der Waals surface area (Å²) in [4.78, 5) is 14.5. The van der Waals surface area contributed by atoms with E-state index in [1.54, 1.807) is 25.1 Å². The zero-order valence-corrected chi connectivity index (χ0v) is 10.5. The summed E-state index contributed by atoms with van der Waals surface area (Å²) in [6.07, 6.45) is 1.08. The maximum absolute atomic E-state index is 12.5. The van der Waals surface area contributed by atoms with Crippen LogP contribution < -0.4 is 5.32 Å². The summed E-state index contributed by atoms with van der Waals surface area (Å²) < 4.78 is 0. The van der Waals surface area contributed by atoms with Crippen LogP contribution in [-0.4, -0.2) is 41.6 Å². The van der Waals surface area contributed by atoms with Crippen molar-refractivity contribution in [1.29, 1.82) is 0 Å². The maximum atomic E-state index is 12.5. The Kier molecular flexibility index (Phi) is 2.74. The average Bonchev–Trinajstić information content (AvgIpc) is 2.94. The summed E-state index contributed by atoms with van der Waals surface area (Å²) >= 11 is 0. The Balaban J connectivity index is 1.88. The molecule has 0 saturated carbocycles. The highest BCUT2D eigenvalue weighted by atomic mass is 16.3. The van der Waals surface area contributed by atoms with E-state index in [0.29, 0.717) is 23.1 Å². The highest BCUT2D eigenvalue weighted by molar-refractivity contribution is 5.96. The van der Waals surface area contributed by atoms with Gasteiger partial charge in [0, 0.05) is 36.8 Å². The van der Waals surface area contributed by atoms with Crippen molar-refractivity contribution < 1.29 is 9.90 Å². The molecule has 18 heavy (non-hydrogen) atoms. The predicted octanol–water partition coefficient (Wildman–Crippen LogP) is 1.13. The number of carbonyl (C=O) groups excluding carboxylic acids is 1. The smallest absolute Gasteiger partial charge is 0.254 e. The van der Waals surface area contributed by atoms with Crippen LogP contribution in [-0.2, 0) is 0 Å². The number of carbonyl (C=O) groups is 1. The number of hydrogen-bond acceptors (Lipinski definition) is 3. The molecule has 0 spiro atoms. The van der Waals surface area contributed by atoms with E-state index in [4.69, 9.17) is 0 Å². The number of benzene rings is 1. The molecule has 0 unspecified atom stereocenters. The van der Waals surface area contributed by atoms with Gasteiger partial charge in [0.1, 0.15) is 5.75 Å². The second-order valence-electron chi connectivity index (χ2n) is 5.22. The lowest BCUT2D eigenvalue weighted by atomic mass is 10.0. The van der Waals surface area contributed by atoms with Gasteiger partial charge in [0.05, 0.1) is 0 Å². The quantitative estimate of drug-likeness (QED) is 0.781. The zero-order chi connectivity index (χ0) is 12.7. The van der Waals surface area contributed by atoms with Crippen molar-refractivity contribution in [2.75, 3.05) is 19.6 Å². The number of phenolic OH excluding ortho intramolecular Hbond substituents is 1. The molecule has 2 aliphatic heterocycles. The summed E-state index contributed by atoms with van der Waals surface area (Å²) in [6, 6.07) is 5.48. The molecular weight excluding hydrogens is 228 g/mol. The van der Waals surface area contributed by atoms with Gasteiger partial charge in [-0.2, -0.15) is 0 Å². The molecule has 4 heteroatoms. The molecule has 1 aromatic rings. The van der Waals surface area contributed by atoms with Crippen molar-refractivity contribution >= 4 is 5.91 Å². The molecule has 2 aliphatic rings. The van der Waals surface area contributed by atoms with Crippen LogP contribution >= 0.6 is 0 Å². The van der Waals surface area contributed by atoms with Crippen molar-refractivity contribution in [3.05, 3.63) is 29.3 Å². The number of nitrogens with zero attached hydrogens (tertiary/aromatic N) is 1. The minimum Gasteiger partial charge on any atom is -0.508 e. The van der Waals surface area contributed by atoms with Gasteiger partial charge >= 0.3 is 0 Å². The molecule has 2 saturated heterocycles. The molecule has 0 aromatic heterocycles. The van der Waals surface area contributed by atoms with Crippen molar-refractivity contribution in [1.82, 2.24) is 10.2 Å². The predicted molar refractivity (Wildman–Crippen MR) is 68.6 cm³/mol. The van der Waals surface area contributed by atoms with Gasteiger partial charge in [0.15, 0.2) is 0 Å². The first-order valence-corrected chi connectivity index (χ1v) is 6.48. The van der Waals surface area contributed by atoms with Crippen LogP contribution in [0.1, 0.15) is 22.3 Å². The van der Waals surface area contributed by atoms with Crippen molar-refractivity contribution in [3.8, 4) is 5.75 Å². The Morgan fingerprint density at radius 2 is 2.28 bits per heavy atom. The van der Waals surface area contributed by atoms with Crippen LogP contribution in [0.2, 0.25) is 0 Å². The minimum atomic E-state index is 0.0552. The summed E-state index contributed by atoms with van der Waals surface area (Å²) in [6.45, 7) is 4.55. The lowest BCUT2D eigenvalue weighted by Crippen LogP contribution is -2.39. The molecule has 96 valence electrons. The van der Waals surface area contributed by atoms with E-state index >= 15 is 0 Å². The molecule has 2 heterocycles. The molecule has 3 rings (SSSR count). The highest BCUT2D eigenvalue weighted by Gasteiger charge is 2.40. The first-order chi connectivity index (χ1) is 8.68. The summed E-state index contributed by atoms with van der Waals surface area (Å²) in [5.74, 6) is 0.854. The molecule has 0 radical (unpaired) electrons. The lowest BCUT2D eigenvalue weighted by molar-refractivity contribution is 0.0736. The number of aromatic hydroxyl groups is 1. The lowest BCUT2D eigenvalue weighted by Gasteiger charge is -2.24. The molecule has 2 fully saturated rings. The van der Waals surface area contributed by atoms with Crippen molar-refractivity contribution in [2.24, 2.45) is 5.92 Å². The topological polar surface area (TPSA) is 52.6 Å². The fraction of sp³-hybridized carbons (Fsp3) is 0.500. The standard InChI is InChI=1S/C14H18N2O2/c1-9-11(3-2-4-13(9)17)14(18)16-6-5-10-7-15-8-12(10)16/h2-4,10,12,15,17H,5-8H2,1H3/t10-,12+/m0/s1.